The van der Waals surface area contributed by atoms with Crippen molar-refractivity contribution < 1.29 is 22.7 Å². The first-order valence-electron chi connectivity index (χ1n) is 6.79. The Hall–Kier alpha value is -2.07. The molecule has 2 rings (SSSR count). The molecule has 0 bridgehead atoms. The molecule has 0 radical (unpaired) electrons. The first-order chi connectivity index (χ1) is 11.1. The fraction of sp³-hybridized carbons (Fsp3) is 0.462. The van der Waals surface area contributed by atoms with E-state index in [4.69, 9.17) is 16.3 Å². The highest BCUT2D eigenvalue weighted by Crippen LogP contribution is 2.36. The predicted octanol–water partition coefficient (Wildman–Crippen LogP) is 2.86. The SMILES string of the molecule is COCn1cc(NC(=O)C(C)n2nc(C(F)(F)F)c(Cl)c2C)cn1. The van der Waals surface area contributed by atoms with Crippen LogP contribution < -0.4 is 5.32 Å². The number of anilines is 1. The summed E-state index contributed by atoms with van der Waals surface area (Å²) in [6, 6.07) is -0.996. The molecular formula is C13H15ClF3N5O2. The standard InChI is InChI=1S/C13H15ClF3N5O2/c1-7-10(14)11(13(15,16)17)20-22(7)8(2)12(23)19-9-4-18-21(5-9)6-24-3/h4-5,8H,6H2,1-3H3,(H,19,23). The maximum Gasteiger partial charge on any atom is 0.436 e. The molecule has 132 valence electrons. The number of aromatic nitrogens is 4. The van der Waals surface area contributed by atoms with Crippen molar-refractivity contribution in [3.8, 4) is 0 Å². The van der Waals surface area contributed by atoms with Gasteiger partial charge in [-0.05, 0) is 13.8 Å². The van der Waals surface area contributed by atoms with Gasteiger partial charge < -0.3 is 10.1 Å². The van der Waals surface area contributed by atoms with E-state index in [1.165, 1.54) is 38.0 Å². The summed E-state index contributed by atoms with van der Waals surface area (Å²) in [5.41, 5.74) is -0.771. The van der Waals surface area contributed by atoms with Gasteiger partial charge in [0, 0.05) is 7.11 Å². The van der Waals surface area contributed by atoms with E-state index in [0.717, 1.165) is 4.68 Å². The molecule has 0 spiro atoms. The second kappa shape index (κ2) is 6.81. The molecule has 2 heterocycles. The first-order valence-corrected chi connectivity index (χ1v) is 7.17. The highest BCUT2D eigenvalue weighted by atomic mass is 35.5. The molecular weight excluding hydrogens is 351 g/mol. The Labute approximate surface area is 140 Å². The molecule has 0 saturated heterocycles. The van der Waals surface area contributed by atoms with Gasteiger partial charge >= 0.3 is 6.18 Å². The zero-order valence-corrected chi connectivity index (χ0v) is 13.8. The molecule has 0 aromatic carbocycles. The van der Waals surface area contributed by atoms with Crippen molar-refractivity contribution in [3.05, 3.63) is 28.8 Å². The molecule has 0 saturated carbocycles. The van der Waals surface area contributed by atoms with Gasteiger partial charge in [-0.1, -0.05) is 11.6 Å². The third-order valence-electron chi connectivity index (χ3n) is 3.25. The summed E-state index contributed by atoms with van der Waals surface area (Å²) >= 11 is 5.68. The largest absolute Gasteiger partial charge is 0.436 e. The quantitative estimate of drug-likeness (QED) is 0.884. The third-order valence-corrected chi connectivity index (χ3v) is 3.71. The number of carbonyl (C=O) groups excluding carboxylic acids is 1. The van der Waals surface area contributed by atoms with E-state index in [1.54, 1.807) is 0 Å². The van der Waals surface area contributed by atoms with Crippen molar-refractivity contribution in [2.45, 2.75) is 32.8 Å². The average molecular weight is 366 g/mol. The smallest absolute Gasteiger partial charge is 0.362 e. The van der Waals surface area contributed by atoms with Crippen molar-refractivity contribution in [2.75, 3.05) is 12.4 Å². The lowest BCUT2D eigenvalue weighted by atomic mass is 10.3. The molecule has 1 amide bonds. The van der Waals surface area contributed by atoms with Crippen molar-refractivity contribution in [1.29, 1.82) is 0 Å². The van der Waals surface area contributed by atoms with Crippen LogP contribution >= 0.6 is 11.6 Å². The molecule has 0 aliphatic rings. The van der Waals surface area contributed by atoms with Gasteiger partial charge in [0.1, 0.15) is 12.8 Å². The second-order valence-corrected chi connectivity index (χ2v) is 5.42. The highest BCUT2D eigenvalue weighted by Gasteiger charge is 2.39. The number of rotatable bonds is 5. The molecule has 1 N–H and O–H groups in total. The Morgan fingerprint density at radius 2 is 2.17 bits per heavy atom. The van der Waals surface area contributed by atoms with Gasteiger partial charge in [0.25, 0.3) is 0 Å². The molecule has 0 aliphatic heterocycles. The van der Waals surface area contributed by atoms with Crippen LogP contribution in [-0.4, -0.2) is 32.6 Å². The molecule has 7 nitrogen and oxygen atoms in total. The van der Waals surface area contributed by atoms with Crippen molar-refractivity contribution >= 4 is 23.2 Å². The molecule has 11 heteroatoms. The van der Waals surface area contributed by atoms with E-state index < -0.39 is 28.8 Å². The van der Waals surface area contributed by atoms with Gasteiger partial charge in [0.2, 0.25) is 5.91 Å². The minimum Gasteiger partial charge on any atom is -0.362 e. The van der Waals surface area contributed by atoms with Crippen molar-refractivity contribution in [2.24, 2.45) is 0 Å². The zero-order chi connectivity index (χ0) is 18.1. The van der Waals surface area contributed by atoms with Crippen LogP contribution in [0.3, 0.4) is 0 Å². The molecule has 1 atom stereocenters. The number of amides is 1. The van der Waals surface area contributed by atoms with Crippen LogP contribution in [0.25, 0.3) is 0 Å². The average Bonchev–Trinajstić information content (AvgIpc) is 3.04. The Morgan fingerprint density at radius 3 is 2.71 bits per heavy atom. The summed E-state index contributed by atoms with van der Waals surface area (Å²) in [7, 11) is 1.49. The Bertz CT molecular complexity index is 741. The summed E-state index contributed by atoms with van der Waals surface area (Å²) in [4.78, 5) is 12.2. The summed E-state index contributed by atoms with van der Waals surface area (Å²) in [6.07, 6.45) is -1.77. The lowest BCUT2D eigenvalue weighted by molar-refractivity contribution is -0.141. The number of methoxy groups -OCH3 is 1. The second-order valence-electron chi connectivity index (χ2n) is 5.04. The molecule has 0 aliphatic carbocycles. The van der Waals surface area contributed by atoms with Crippen LogP contribution in [0.5, 0.6) is 0 Å². The van der Waals surface area contributed by atoms with Gasteiger partial charge in [-0.3, -0.25) is 9.48 Å². The van der Waals surface area contributed by atoms with E-state index >= 15 is 0 Å². The maximum absolute atomic E-state index is 12.8. The number of nitrogens with zero attached hydrogens (tertiary/aromatic N) is 4. The number of alkyl halides is 3. The van der Waals surface area contributed by atoms with Gasteiger partial charge in [0.05, 0.1) is 28.8 Å². The van der Waals surface area contributed by atoms with Crippen LogP contribution in [0.1, 0.15) is 24.4 Å². The number of ether oxygens (including phenoxy) is 1. The lowest BCUT2D eigenvalue weighted by Crippen LogP contribution is -2.25. The van der Waals surface area contributed by atoms with E-state index in [9.17, 15) is 18.0 Å². The highest BCUT2D eigenvalue weighted by molar-refractivity contribution is 6.32. The molecule has 2 aromatic heterocycles. The summed E-state index contributed by atoms with van der Waals surface area (Å²) in [5.74, 6) is -0.553. The monoisotopic (exact) mass is 365 g/mol. The van der Waals surface area contributed by atoms with Crippen molar-refractivity contribution in [3.63, 3.8) is 0 Å². The number of nitrogens with one attached hydrogen (secondary N) is 1. The van der Waals surface area contributed by atoms with Crippen LogP contribution in [-0.2, 0) is 22.4 Å². The molecule has 1 unspecified atom stereocenters. The molecule has 0 fully saturated rings. The zero-order valence-electron chi connectivity index (χ0n) is 13.1. The maximum atomic E-state index is 12.8. The van der Waals surface area contributed by atoms with Crippen LogP contribution in [0.15, 0.2) is 12.4 Å². The first kappa shape index (κ1) is 18.3. The minimum atomic E-state index is -4.69. The third kappa shape index (κ3) is 3.70. The minimum absolute atomic E-state index is 0.0571. The Morgan fingerprint density at radius 1 is 1.50 bits per heavy atom. The van der Waals surface area contributed by atoms with Gasteiger partial charge in [0.15, 0.2) is 5.69 Å². The van der Waals surface area contributed by atoms with Gasteiger partial charge in [-0.2, -0.15) is 23.4 Å². The Kier molecular flexibility index (Phi) is 5.19. The fourth-order valence-corrected chi connectivity index (χ4v) is 2.28. The molecule has 2 aromatic rings. The van der Waals surface area contributed by atoms with E-state index in [0.29, 0.717) is 5.69 Å². The van der Waals surface area contributed by atoms with Crippen LogP contribution in [0.2, 0.25) is 5.02 Å². The lowest BCUT2D eigenvalue weighted by Gasteiger charge is -2.13. The van der Waals surface area contributed by atoms with E-state index in [2.05, 4.69) is 15.5 Å². The van der Waals surface area contributed by atoms with E-state index in [-0.39, 0.29) is 12.4 Å². The number of halogens is 4. The van der Waals surface area contributed by atoms with Crippen LogP contribution in [0, 0.1) is 6.92 Å². The summed E-state index contributed by atoms with van der Waals surface area (Å²) < 4.78 is 45.8. The van der Waals surface area contributed by atoms with E-state index in [1.807, 2.05) is 0 Å². The van der Waals surface area contributed by atoms with Crippen LogP contribution in [0.4, 0.5) is 18.9 Å². The molecule has 24 heavy (non-hydrogen) atoms. The summed E-state index contributed by atoms with van der Waals surface area (Å²) in [6.45, 7) is 2.99. The Balaban J connectivity index is 2.18. The van der Waals surface area contributed by atoms with Gasteiger partial charge in [-0.25, -0.2) is 4.68 Å². The summed E-state index contributed by atoms with van der Waals surface area (Å²) in [5, 5.41) is 9.41. The topological polar surface area (TPSA) is 74.0 Å². The fourth-order valence-electron chi connectivity index (χ4n) is 2.05. The number of hydrogen-bond acceptors (Lipinski definition) is 4. The normalized spacial score (nSPS) is 13.1. The van der Waals surface area contributed by atoms with Crippen molar-refractivity contribution in [1.82, 2.24) is 19.6 Å². The predicted molar refractivity (Wildman–Crippen MR) is 79.6 cm³/mol. The number of hydrogen-bond donors (Lipinski definition) is 1. The number of carbonyl (C=O) groups is 1. The van der Waals surface area contributed by atoms with Gasteiger partial charge in [-0.15, -0.1) is 0 Å².